The minimum Gasteiger partial charge on any atom is -0.423 e. The van der Waals surface area contributed by atoms with Gasteiger partial charge in [0, 0.05) is 6.54 Å². The molecule has 24 heavy (non-hydrogen) atoms. The molecule has 1 aromatic carbocycles. The highest BCUT2D eigenvalue weighted by molar-refractivity contribution is 6.44. The largest absolute Gasteiger partial charge is 0.423 e. The number of carbonyl (C=O) groups is 3. The fourth-order valence-electron chi connectivity index (χ4n) is 2.31. The molecule has 2 heterocycles. The molecule has 8 heteroatoms. The van der Waals surface area contributed by atoms with Crippen LogP contribution in [0.15, 0.2) is 47.4 Å². The lowest BCUT2D eigenvalue weighted by molar-refractivity contribution is -0.143. The molecule has 0 N–H and O–H groups in total. The topological polar surface area (TPSA) is 96.6 Å². The van der Waals surface area contributed by atoms with Gasteiger partial charge in [-0.25, -0.2) is 9.69 Å². The van der Waals surface area contributed by atoms with Crippen LogP contribution in [0.2, 0.25) is 0 Å². The predicted molar refractivity (Wildman–Crippen MR) is 81.4 cm³/mol. The molecular formula is C16H14N4O4. The SMILES string of the molecule is C=CCN1C(=O)C(=O)N(Cc2nnc(Cc3ccccc3)o2)C1=O. The average molecular weight is 326 g/mol. The summed E-state index contributed by atoms with van der Waals surface area (Å²) in [6, 6.07) is 8.82. The molecule has 1 aromatic heterocycles. The van der Waals surface area contributed by atoms with Crippen LogP contribution in [0.25, 0.3) is 0 Å². The Kier molecular flexibility index (Phi) is 4.19. The maximum atomic E-state index is 12.1. The monoisotopic (exact) mass is 326 g/mol. The zero-order valence-electron chi connectivity index (χ0n) is 12.7. The molecule has 0 spiro atoms. The van der Waals surface area contributed by atoms with E-state index in [-0.39, 0.29) is 19.0 Å². The summed E-state index contributed by atoms with van der Waals surface area (Å²) in [5.41, 5.74) is 0.994. The van der Waals surface area contributed by atoms with E-state index in [1.54, 1.807) is 0 Å². The summed E-state index contributed by atoms with van der Waals surface area (Å²) in [6.07, 6.45) is 1.81. The lowest BCUT2D eigenvalue weighted by atomic mass is 10.2. The highest BCUT2D eigenvalue weighted by Crippen LogP contribution is 2.16. The van der Waals surface area contributed by atoms with Crippen molar-refractivity contribution in [2.75, 3.05) is 6.54 Å². The lowest BCUT2D eigenvalue weighted by Crippen LogP contribution is -2.33. The van der Waals surface area contributed by atoms with Gasteiger partial charge in [-0.3, -0.25) is 14.5 Å². The van der Waals surface area contributed by atoms with Crippen molar-refractivity contribution in [2.24, 2.45) is 0 Å². The molecule has 0 saturated carbocycles. The van der Waals surface area contributed by atoms with Crippen molar-refractivity contribution >= 4 is 17.8 Å². The van der Waals surface area contributed by atoms with E-state index in [2.05, 4.69) is 16.8 Å². The number of rotatable bonds is 6. The molecule has 1 aliphatic rings. The Labute approximate surface area is 137 Å². The first-order valence-electron chi connectivity index (χ1n) is 7.23. The van der Waals surface area contributed by atoms with Crippen LogP contribution in [0.1, 0.15) is 17.3 Å². The van der Waals surface area contributed by atoms with Gasteiger partial charge in [0.15, 0.2) is 0 Å². The number of nitrogens with zero attached hydrogens (tertiary/aromatic N) is 4. The van der Waals surface area contributed by atoms with E-state index >= 15 is 0 Å². The van der Waals surface area contributed by atoms with E-state index < -0.39 is 17.8 Å². The average Bonchev–Trinajstić information content (AvgIpc) is 3.10. The van der Waals surface area contributed by atoms with Crippen LogP contribution in [0.3, 0.4) is 0 Å². The van der Waals surface area contributed by atoms with Crippen LogP contribution < -0.4 is 0 Å². The summed E-state index contributed by atoms with van der Waals surface area (Å²) < 4.78 is 5.46. The molecule has 122 valence electrons. The van der Waals surface area contributed by atoms with Crippen molar-refractivity contribution in [3.63, 3.8) is 0 Å². The molecule has 1 saturated heterocycles. The van der Waals surface area contributed by atoms with Gasteiger partial charge < -0.3 is 4.42 Å². The summed E-state index contributed by atoms with van der Waals surface area (Å²) in [5, 5.41) is 7.73. The third-order valence-corrected chi connectivity index (χ3v) is 3.45. The number of amides is 4. The zero-order chi connectivity index (χ0) is 17.1. The standard InChI is InChI=1S/C16H14N4O4/c1-2-8-19-14(21)15(22)20(16(19)23)10-13-18-17-12(24-13)9-11-6-4-3-5-7-11/h2-7H,1,8-10H2. The van der Waals surface area contributed by atoms with Crippen LogP contribution in [0.4, 0.5) is 4.79 Å². The fraction of sp³-hybridized carbons (Fsp3) is 0.188. The van der Waals surface area contributed by atoms with Crippen molar-refractivity contribution in [3.05, 3.63) is 60.3 Å². The van der Waals surface area contributed by atoms with Crippen molar-refractivity contribution in [1.29, 1.82) is 0 Å². The predicted octanol–water partition coefficient (Wildman–Crippen LogP) is 1.14. The van der Waals surface area contributed by atoms with Gasteiger partial charge in [0.05, 0.1) is 6.42 Å². The molecule has 3 rings (SSSR count). The number of hydrogen-bond donors (Lipinski definition) is 0. The number of urea groups is 1. The van der Waals surface area contributed by atoms with Crippen molar-refractivity contribution < 1.29 is 18.8 Å². The van der Waals surface area contributed by atoms with Crippen LogP contribution in [0, 0.1) is 0 Å². The molecule has 0 atom stereocenters. The zero-order valence-corrected chi connectivity index (χ0v) is 12.7. The summed E-state index contributed by atoms with van der Waals surface area (Å²) in [4.78, 5) is 37.3. The molecule has 1 fully saturated rings. The first-order valence-corrected chi connectivity index (χ1v) is 7.23. The van der Waals surface area contributed by atoms with Gasteiger partial charge in [-0.1, -0.05) is 36.4 Å². The molecule has 1 aliphatic heterocycles. The maximum Gasteiger partial charge on any atom is 0.335 e. The Morgan fingerprint density at radius 1 is 1.00 bits per heavy atom. The first kappa shape index (κ1) is 15.6. The Balaban J connectivity index is 1.70. The van der Waals surface area contributed by atoms with Gasteiger partial charge >= 0.3 is 17.8 Å². The van der Waals surface area contributed by atoms with Crippen molar-refractivity contribution in [3.8, 4) is 0 Å². The summed E-state index contributed by atoms with van der Waals surface area (Å²) in [6.45, 7) is 3.19. The summed E-state index contributed by atoms with van der Waals surface area (Å²) in [5.74, 6) is -1.34. The number of carbonyl (C=O) groups excluding carboxylic acids is 3. The molecule has 8 nitrogen and oxygen atoms in total. The highest BCUT2D eigenvalue weighted by atomic mass is 16.4. The Morgan fingerprint density at radius 2 is 1.67 bits per heavy atom. The molecule has 4 amide bonds. The van der Waals surface area contributed by atoms with E-state index in [1.807, 2.05) is 30.3 Å². The second-order valence-corrected chi connectivity index (χ2v) is 5.13. The highest BCUT2D eigenvalue weighted by Gasteiger charge is 2.44. The molecule has 0 unspecified atom stereocenters. The van der Waals surface area contributed by atoms with Crippen LogP contribution in [-0.4, -0.2) is 44.4 Å². The van der Waals surface area contributed by atoms with E-state index in [9.17, 15) is 14.4 Å². The Bertz CT molecular complexity index is 799. The van der Waals surface area contributed by atoms with Gasteiger partial charge in [0.25, 0.3) is 0 Å². The normalized spacial score (nSPS) is 14.6. The van der Waals surface area contributed by atoms with Crippen LogP contribution in [-0.2, 0) is 22.6 Å². The number of benzene rings is 1. The molecule has 0 aliphatic carbocycles. The third kappa shape index (κ3) is 2.94. The van der Waals surface area contributed by atoms with E-state index in [0.717, 1.165) is 15.4 Å². The van der Waals surface area contributed by atoms with E-state index in [1.165, 1.54) is 6.08 Å². The quantitative estimate of drug-likeness (QED) is 0.448. The smallest absolute Gasteiger partial charge is 0.335 e. The van der Waals surface area contributed by atoms with Crippen LogP contribution >= 0.6 is 0 Å². The number of imide groups is 2. The Morgan fingerprint density at radius 3 is 2.38 bits per heavy atom. The van der Waals surface area contributed by atoms with Crippen molar-refractivity contribution in [2.45, 2.75) is 13.0 Å². The second kappa shape index (κ2) is 6.45. The maximum absolute atomic E-state index is 12.1. The number of aromatic nitrogens is 2. The van der Waals surface area contributed by atoms with E-state index in [0.29, 0.717) is 12.3 Å². The summed E-state index contributed by atoms with van der Waals surface area (Å²) >= 11 is 0. The van der Waals surface area contributed by atoms with Gasteiger partial charge in [0.2, 0.25) is 11.8 Å². The van der Waals surface area contributed by atoms with E-state index in [4.69, 9.17) is 4.42 Å². The lowest BCUT2D eigenvalue weighted by Gasteiger charge is -2.11. The second-order valence-electron chi connectivity index (χ2n) is 5.13. The Hall–Kier alpha value is -3.29. The van der Waals surface area contributed by atoms with Crippen molar-refractivity contribution in [1.82, 2.24) is 20.0 Å². The van der Waals surface area contributed by atoms with Gasteiger partial charge in [-0.2, -0.15) is 0 Å². The molecule has 0 bridgehead atoms. The molecule has 0 radical (unpaired) electrons. The first-order chi connectivity index (χ1) is 11.6. The minimum atomic E-state index is -0.912. The van der Waals surface area contributed by atoms with Gasteiger partial charge in [-0.15, -0.1) is 16.8 Å². The number of hydrogen-bond acceptors (Lipinski definition) is 6. The summed E-state index contributed by atoms with van der Waals surface area (Å²) in [7, 11) is 0. The van der Waals surface area contributed by atoms with Crippen LogP contribution in [0.5, 0.6) is 0 Å². The minimum absolute atomic E-state index is 0.0248. The van der Waals surface area contributed by atoms with Gasteiger partial charge in [0.1, 0.15) is 6.54 Å². The molecule has 2 aromatic rings. The fourth-order valence-corrected chi connectivity index (χ4v) is 2.31. The molecular weight excluding hydrogens is 312 g/mol. The van der Waals surface area contributed by atoms with Gasteiger partial charge in [-0.05, 0) is 5.56 Å². The third-order valence-electron chi connectivity index (χ3n) is 3.45.